The lowest BCUT2D eigenvalue weighted by molar-refractivity contribution is 0.667. The molecular formula is C12H18N2. The monoisotopic (exact) mass is 190 g/mol. The third-order valence-corrected chi connectivity index (χ3v) is 2.12. The summed E-state index contributed by atoms with van der Waals surface area (Å²) in [4.78, 5) is 4.29. The molecule has 0 radical (unpaired) electrons. The number of nitrogens with two attached hydrogens (primary N) is 1. The molecule has 0 aliphatic rings. The van der Waals surface area contributed by atoms with Crippen molar-refractivity contribution < 1.29 is 0 Å². The van der Waals surface area contributed by atoms with Crippen LogP contribution in [0.1, 0.15) is 25.8 Å². The number of amidine groups is 1. The van der Waals surface area contributed by atoms with Crippen LogP contribution in [0.25, 0.3) is 0 Å². The van der Waals surface area contributed by atoms with E-state index in [-0.39, 0.29) is 0 Å². The molecule has 0 saturated heterocycles. The zero-order valence-electron chi connectivity index (χ0n) is 8.90. The van der Waals surface area contributed by atoms with E-state index in [0.717, 1.165) is 12.8 Å². The topological polar surface area (TPSA) is 38.4 Å². The second-order valence-corrected chi connectivity index (χ2v) is 3.64. The highest BCUT2D eigenvalue weighted by Crippen LogP contribution is 2.06. The van der Waals surface area contributed by atoms with Gasteiger partial charge in [0.05, 0.1) is 5.84 Å². The van der Waals surface area contributed by atoms with Crippen molar-refractivity contribution in [3.8, 4) is 0 Å². The molecule has 0 amide bonds. The number of aryl methyl sites for hydroxylation is 1. The Hall–Kier alpha value is -1.31. The number of aliphatic imine (C=N–C) groups is 1. The second kappa shape index (κ2) is 5.43. The molecular weight excluding hydrogens is 172 g/mol. The fraction of sp³-hybridized carbons (Fsp3) is 0.417. The fourth-order valence-corrected chi connectivity index (χ4v) is 1.43. The average molecular weight is 190 g/mol. The minimum Gasteiger partial charge on any atom is -0.388 e. The number of hydrogen-bond donors (Lipinski definition) is 1. The summed E-state index contributed by atoms with van der Waals surface area (Å²) >= 11 is 0. The van der Waals surface area contributed by atoms with Crippen LogP contribution >= 0.6 is 0 Å². The van der Waals surface area contributed by atoms with Crippen LogP contribution in [0.4, 0.5) is 0 Å². The number of hydrogen-bond acceptors (Lipinski definition) is 1. The van der Waals surface area contributed by atoms with Crippen LogP contribution in [0.5, 0.6) is 0 Å². The summed E-state index contributed by atoms with van der Waals surface area (Å²) in [6.45, 7) is 3.93. The summed E-state index contributed by atoms with van der Waals surface area (Å²) < 4.78 is 0. The Morgan fingerprint density at radius 3 is 2.57 bits per heavy atom. The van der Waals surface area contributed by atoms with Crippen molar-refractivity contribution in [2.24, 2.45) is 10.7 Å². The molecule has 1 aromatic carbocycles. The molecule has 0 saturated carbocycles. The van der Waals surface area contributed by atoms with Gasteiger partial charge < -0.3 is 5.73 Å². The summed E-state index contributed by atoms with van der Waals surface area (Å²) in [6.07, 6.45) is 2.12. The third-order valence-electron chi connectivity index (χ3n) is 2.12. The van der Waals surface area contributed by atoms with E-state index in [0.29, 0.717) is 11.9 Å². The summed E-state index contributed by atoms with van der Waals surface area (Å²) in [5.41, 5.74) is 6.88. The smallest absolute Gasteiger partial charge is 0.0908 e. The van der Waals surface area contributed by atoms with Crippen molar-refractivity contribution in [1.82, 2.24) is 0 Å². The molecule has 0 aliphatic carbocycles. The molecule has 0 aliphatic heterocycles. The minimum absolute atomic E-state index is 0.320. The van der Waals surface area contributed by atoms with E-state index in [1.54, 1.807) is 0 Å². The van der Waals surface area contributed by atoms with Crippen molar-refractivity contribution in [3.05, 3.63) is 35.9 Å². The highest BCUT2D eigenvalue weighted by molar-refractivity contribution is 5.77. The predicted molar refractivity (Wildman–Crippen MR) is 61.5 cm³/mol. The quantitative estimate of drug-likeness (QED) is 0.574. The van der Waals surface area contributed by atoms with Gasteiger partial charge in [0.25, 0.3) is 0 Å². The van der Waals surface area contributed by atoms with E-state index in [1.165, 1.54) is 5.56 Å². The van der Waals surface area contributed by atoms with Crippen LogP contribution in [0, 0.1) is 0 Å². The molecule has 1 aromatic rings. The number of nitrogens with zero attached hydrogens (tertiary/aromatic N) is 1. The number of rotatable bonds is 4. The van der Waals surface area contributed by atoms with Crippen molar-refractivity contribution >= 4 is 5.84 Å². The van der Waals surface area contributed by atoms with Crippen molar-refractivity contribution in [3.63, 3.8) is 0 Å². The van der Waals surface area contributed by atoms with Crippen LogP contribution in [-0.4, -0.2) is 11.9 Å². The van der Waals surface area contributed by atoms with E-state index in [9.17, 15) is 0 Å². The van der Waals surface area contributed by atoms with Gasteiger partial charge in [-0.15, -0.1) is 0 Å². The van der Waals surface area contributed by atoms with Gasteiger partial charge in [0.15, 0.2) is 0 Å². The van der Waals surface area contributed by atoms with E-state index < -0.39 is 0 Å². The Bertz CT molecular complexity index is 286. The lowest BCUT2D eigenvalue weighted by Crippen LogP contribution is -2.11. The average Bonchev–Trinajstić information content (AvgIpc) is 2.15. The predicted octanol–water partition coefficient (Wildman–Crippen LogP) is 2.38. The largest absolute Gasteiger partial charge is 0.388 e. The fourth-order valence-electron chi connectivity index (χ4n) is 1.43. The maximum Gasteiger partial charge on any atom is 0.0908 e. The molecule has 2 N–H and O–H groups in total. The van der Waals surface area contributed by atoms with Crippen molar-refractivity contribution in [2.45, 2.75) is 32.7 Å². The highest BCUT2D eigenvalue weighted by Gasteiger charge is 1.99. The Morgan fingerprint density at radius 1 is 1.36 bits per heavy atom. The van der Waals surface area contributed by atoms with Crippen LogP contribution < -0.4 is 5.73 Å². The first-order valence-corrected chi connectivity index (χ1v) is 5.02. The van der Waals surface area contributed by atoms with E-state index >= 15 is 0 Å². The third kappa shape index (κ3) is 4.08. The van der Waals surface area contributed by atoms with Crippen molar-refractivity contribution in [1.29, 1.82) is 0 Å². The van der Waals surface area contributed by atoms with Gasteiger partial charge in [-0.2, -0.15) is 0 Å². The lowest BCUT2D eigenvalue weighted by atomic mass is 10.1. The van der Waals surface area contributed by atoms with E-state index in [2.05, 4.69) is 36.2 Å². The molecule has 0 heterocycles. The molecule has 1 unspecified atom stereocenters. The summed E-state index contributed by atoms with van der Waals surface area (Å²) in [5.74, 6) is 0.672. The standard InChI is InChI=1S/C12H18N2/c1-10(14-11(2)13)8-9-12-6-4-3-5-7-12/h3-7,10H,8-9H2,1-2H3,(H2,13,14). The van der Waals surface area contributed by atoms with E-state index in [4.69, 9.17) is 5.73 Å². The van der Waals surface area contributed by atoms with Gasteiger partial charge in [-0.25, -0.2) is 0 Å². The van der Waals surface area contributed by atoms with Crippen LogP contribution in [-0.2, 0) is 6.42 Å². The van der Waals surface area contributed by atoms with Gasteiger partial charge in [-0.3, -0.25) is 4.99 Å². The first kappa shape index (κ1) is 10.8. The zero-order valence-corrected chi connectivity index (χ0v) is 8.90. The normalized spacial score (nSPS) is 14.0. The van der Waals surface area contributed by atoms with E-state index in [1.807, 2.05) is 13.0 Å². The Morgan fingerprint density at radius 2 is 2.00 bits per heavy atom. The molecule has 0 aromatic heterocycles. The first-order valence-electron chi connectivity index (χ1n) is 5.02. The molecule has 2 heteroatoms. The van der Waals surface area contributed by atoms with Crippen LogP contribution in [0.3, 0.4) is 0 Å². The van der Waals surface area contributed by atoms with Gasteiger partial charge in [-0.05, 0) is 32.3 Å². The first-order chi connectivity index (χ1) is 6.68. The SMILES string of the molecule is CC(N)=NC(C)CCc1ccccc1. The van der Waals surface area contributed by atoms with Crippen molar-refractivity contribution in [2.75, 3.05) is 0 Å². The minimum atomic E-state index is 0.320. The van der Waals surface area contributed by atoms with Crippen LogP contribution in [0.2, 0.25) is 0 Å². The maximum absolute atomic E-state index is 5.51. The molecule has 2 nitrogen and oxygen atoms in total. The molecule has 0 spiro atoms. The van der Waals surface area contributed by atoms with Gasteiger partial charge in [-0.1, -0.05) is 30.3 Å². The van der Waals surface area contributed by atoms with Gasteiger partial charge in [0.2, 0.25) is 0 Å². The van der Waals surface area contributed by atoms with Crippen LogP contribution in [0.15, 0.2) is 35.3 Å². The molecule has 1 atom stereocenters. The molecule has 0 fully saturated rings. The van der Waals surface area contributed by atoms with Gasteiger partial charge >= 0.3 is 0 Å². The Kier molecular flexibility index (Phi) is 4.17. The maximum atomic E-state index is 5.51. The molecule has 14 heavy (non-hydrogen) atoms. The second-order valence-electron chi connectivity index (χ2n) is 3.64. The summed E-state index contributed by atoms with van der Waals surface area (Å²) in [7, 11) is 0. The van der Waals surface area contributed by atoms with Gasteiger partial charge in [0, 0.05) is 6.04 Å². The van der Waals surface area contributed by atoms with Gasteiger partial charge in [0.1, 0.15) is 0 Å². The molecule has 76 valence electrons. The zero-order chi connectivity index (χ0) is 10.4. The lowest BCUT2D eigenvalue weighted by Gasteiger charge is -2.06. The Balaban J connectivity index is 2.38. The molecule has 1 rings (SSSR count). The Labute approximate surface area is 85.9 Å². The highest BCUT2D eigenvalue weighted by atomic mass is 14.9. The molecule has 0 bridgehead atoms. The number of benzene rings is 1. The summed E-state index contributed by atoms with van der Waals surface area (Å²) in [5, 5.41) is 0. The summed E-state index contributed by atoms with van der Waals surface area (Å²) in [6, 6.07) is 10.8.